The average Bonchev–Trinajstić information content (AvgIpc) is 2.71. The fourth-order valence-corrected chi connectivity index (χ4v) is 2.46. The van der Waals surface area contributed by atoms with Crippen LogP contribution < -0.4 is 5.32 Å². The highest BCUT2D eigenvalue weighted by molar-refractivity contribution is 9.10. The predicted molar refractivity (Wildman–Crippen MR) is 80.0 cm³/mol. The number of rotatable bonds is 5. The summed E-state index contributed by atoms with van der Waals surface area (Å²) in [5.74, 6) is 0. The maximum atomic E-state index is 4.45. The third-order valence-electron chi connectivity index (χ3n) is 3.05. The first-order valence-electron chi connectivity index (χ1n) is 6.44. The Morgan fingerprint density at radius 1 is 1.42 bits per heavy atom. The monoisotopic (exact) mass is 322 g/mol. The topological polar surface area (TPSA) is 42.7 Å². The molecule has 0 saturated carbocycles. The van der Waals surface area contributed by atoms with Crippen LogP contribution in [0.25, 0.3) is 0 Å². The van der Waals surface area contributed by atoms with E-state index in [1.807, 2.05) is 30.9 Å². The van der Waals surface area contributed by atoms with Gasteiger partial charge in [0.05, 0.1) is 17.4 Å². The van der Waals surface area contributed by atoms with Crippen LogP contribution in [0.4, 0.5) is 0 Å². The quantitative estimate of drug-likeness (QED) is 0.920. The van der Waals surface area contributed by atoms with Crippen molar-refractivity contribution in [2.24, 2.45) is 7.05 Å². The van der Waals surface area contributed by atoms with Crippen molar-refractivity contribution in [3.63, 3.8) is 0 Å². The van der Waals surface area contributed by atoms with Crippen LogP contribution in [0, 0.1) is 6.92 Å². The lowest BCUT2D eigenvalue weighted by atomic mass is 10.1. The van der Waals surface area contributed by atoms with Crippen LogP contribution in [0.5, 0.6) is 0 Å². The molecule has 0 amide bonds. The first-order chi connectivity index (χ1) is 9.10. The smallest absolute Gasteiger partial charge is 0.0597 e. The Labute approximate surface area is 122 Å². The molecular formula is C14H19BrN4. The van der Waals surface area contributed by atoms with Crippen LogP contribution in [0.1, 0.15) is 30.0 Å². The molecule has 5 heteroatoms. The number of aryl methyl sites for hydroxylation is 2. The normalized spacial score (nSPS) is 12.6. The van der Waals surface area contributed by atoms with Gasteiger partial charge in [0.2, 0.25) is 0 Å². The van der Waals surface area contributed by atoms with Gasteiger partial charge in [-0.2, -0.15) is 5.10 Å². The van der Waals surface area contributed by atoms with Gasteiger partial charge in [-0.05, 0) is 47.6 Å². The van der Waals surface area contributed by atoms with Crippen molar-refractivity contribution in [1.82, 2.24) is 20.1 Å². The van der Waals surface area contributed by atoms with Crippen molar-refractivity contribution in [3.8, 4) is 0 Å². The largest absolute Gasteiger partial charge is 0.309 e. The van der Waals surface area contributed by atoms with Gasteiger partial charge in [-0.3, -0.25) is 9.67 Å². The summed E-state index contributed by atoms with van der Waals surface area (Å²) in [4.78, 5) is 4.45. The summed E-state index contributed by atoms with van der Waals surface area (Å²) in [7, 11) is 1.99. The molecule has 1 unspecified atom stereocenters. The van der Waals surface area contributed by atoms with Gasteiger partial charge >= 0.3 is 0 Å². The van der Waals surface area contributed by atoms with Crippen molar-refractivity contribution in [1.29, 1.82) is 0 Å². The maximum absolute atomic E-state index is 4.45. The average molecular weight is 323 g/mol. The van der Waals surface area contributed by atoms with Gasteiger partial charge in [0.1, 0.15) is 0 Å². The third-order valence-corrected chi connectivity index (χ3v) is 3.52. The molecule has 0 saturated heterocycles. The van der Waals surface area contributed by atoms with E-state index in [0.717, 1.165) is 28.8 Å². The number of nitrogens with zero attached hydrogens (tertiary/aromatic N) is 3. The second-order valence-corrected chi connectivity index (χ2v) is 5.53. The molecule has 0 fully saturated rings. The van der Waals surface area contributed by atoms with E-state index in [1.54, 1.807) is 0 Å². The number of pyridine rings is 1. The Balaban J connectivity index is 2.20. The van der Waals surface area contributed by atoms with Gasteiger partial charge in [-0.15, -0.1) is 0 Å². The molecule has 0 aromatic carbocycles. The minimum Gasteiger partial charge on any atom is -0.309 e. The van der Waals surface area contributed by atoms with Gasteiger partial charge in [0.25, 0.3) is 0 Å². The molecule has 1 atom stereocenters. The molecule has 0 radical (unpaired) electrons. The van der Waals surface area contributed by atoms with Gasteiger partial charge in [0.15, 0.2) is 0 Å². The van der Waals surface area contributed by atoms with Crippen molar-refractivity contribution in [2.45, 2.75) is 26.3 Å². The van der Waals surface area contributed by atoms with Crippen LogP contribution in [-0.4, -0.2) is 21.3 Å². The molecule has 0 aliphatic carbocycles. The lowest BCUT2D eigenvalue weighted by Gasteiger charge is -2.17. The third kappa shape index (κ3) is 3.64. The summed E-state index contributed by atoms with van der Waals surface area (Å²) in [6.07, 6.45) is 2.70. The summed E-state index contributed by atoms with van der Waals surface area (Å²) in [6.45, 7) is 5.06. The minimum absolute atomic E-state index is 0.241. The van der Waals surface area contributed by atoms with E-state index in [4.69, 9.17) is 0 Å². The molecule has 0 bridgehead atoms. The molecule has 2 aromatic rings. The standard InChI is InChI=1S/C14H19BrN4/c1-4-16-13(14-7-10(2)18-19(14)3)8-12-6-5-11(15)9-17-12/h5-7,9,13,16H,4,8H2,1-3H3. The second-order valence-electron chi connectivity index (χ2n) is 4.62. The zero-order valence-electron chi connectivity index (χ0n) is 11.5. The summed E-state index contributed by atoms with van der Waals surface area (Å²) >= 11 is 3.41. The highest BCUT2D eigenvalue weighted by Crippen LogP contribution is 2.19. The first-order valence-corrected chi connectivity index (χ1v) is 7.23. The summed E-state index contributed by atoms with van der Waals surface area (Å²) in [6, 6.07) is 6.45. The van der Waals surface area contributed by atoms with E-state index in [9.17, 15) is 0 Å². The van der Waals surface area contributed by atoms with Crippen molar-refractivity contribution in [3.05, 3.63) is 46.0 Å². The van der Waals surface area contributed by atoms with Gasteiger partial charge < -0.3 is 5.32 Å². The van der Waals surface area contributed by atoms with E-state index in [1.165, 1.54) is 5.69 Å². The number of aromatic nitrogens is 3. The van der Waals surface area contributed by atoms with E-state index in [2.05, 4.69) is 50.4 Å². The molecular weight excluding hydrogens is 304 g/mol. The minimum atomic E-state index is 0.241. The Morgan fingerprint density at radius 3 is 2.74 bits per heavy atom. The first kappa shape index (κ1) is 14.2. The predicted octanol–water partition coefficient (Wildman–Crippen LogP) is 2.78. The molecule has 2 rings (SSSR count). The molecule has 0 spiro atoms. The van der Waals surface area contributed by atoms with Crippen molar-refractivity contribution < 1.29 is 0 Å². The zero-order valence-corrected chi connectivity index (χ0v) is 13.1. The van der Waals surface area contributed by atoms with E-state index >= 15 is 0 Å². The van der Waals surface area contributed by atoms with Crippen LogP contribution in [0.15, 0.2) is 28.9 Å². The fraction of sp³-hybridized carbons (Fsp3) is 0.429. The molecule has 102 valence electrons. The Bertz CT molecular complexity index is 533. The summed E-state index contributed by atoms with van der Waals surface area (Å²) < 4.78 is 2.95. The van der Waals surface area contributed by atoms with Gasteiger partial charge in [0, 0.05) is 29.8 Å². The van der Waals surface area contributed by atoms with Crippen LogP contribution in [0.3, 0.4) is 0 Å². The summed E-state index contributed by atoms with van der Waals surface area (Å²) in [5.41, 5.74) is 3.32. The van der Waals surface area contributed by atoms with E-state index in [-0.39, 0.29) is 6.04 Å². The molecule has 4 nitrogen and oxygen atoms in total. The van der Waals surface area contributed by atoms with Crippen LogP contribution >= 0.6 is 15.9 Å². The Morgan fingerprint density at radius 2 is 2.21 bits per heavy atom. The maximum Gasteiger partial charge on any atom is 0.0597 e. The molecule has 1 N–H and O–H groups in total. The van der Waals surface area contributed by atoms with Crippen LogP contribution in [0.2, 0.25) is 0 Å². The van der Waals surface area contributed by atoms with Crippen molar-refractivity contribution >= 4 is 15.9 Å². The Hall–Kier alpha value is -1.20. The Kier molecular flexibility index (Phi) is 4.71. The van der Waals surface area contributed by atoms with E-state index in [0.29, 0.717) is 0 Å². The molecule has 2 aromatic heterocycles. The number of hydrogen-bond donors (Lipinski definition) is 1. The summed E-state index contributed by atoms with van der Waals surface area (Å²) in [5, 5.41) is 7.92. The highest BCUT2D eigenvalue weighted by atomic mass is 79.9. The SMILES string of the molecule is CCNC(Cc1ccc(Br)cn1)c1cc(C)nn1C. The van der Waals surface area contributed by atoms with Gasteiger partial charge in [-0.1, -0.05) is 6.92 Å². The number of likely N-dealkylation sites (N-methyl/N-ethyl adjacent to an activating group) is 1. The van der Waals surface area contributed by atoms with E-state index < -0.39 is 0 Å². The lowest BCUT2D eigenvalue weighted by Crippen LogP contribution is -2.25. The molecule has 0 aliphatic rings. The lowest BCUT2D eigenvalue weighted by molar-refractivity contribution is 0.503. The van der Waals surface area contributed by atoms with Crippen molar-refractivity contribution in [2.75, 3.05) is 6.54 Å². The number of halogens is 1. The fourth-order valence-electron chi connectivity index (χ4n) is 2.22. The molecule has 2 heterocycles. The molecule has 0 aliphatic heterocycles. The molecule has 19 heavy (non-hydrogen) atoms. The number of nitrogens with one attached hydrogen (secondary N) is 1. The number of hydrogen-bond acceptors (Lipinski definition) is 3. The second kappa shape index (κ2) is 6.30. The van der Waals surface area contributed by atoms with Crippen LogP contribution in [-0.2, 0) is 13.5 Å². The van der Waals surface area contributed by atoms with Gasteiger partial charge in [-0.25, -0.2) is 0 Å². The highest BCUT2D eigenvalue weighted by Gasteiger charge is 2.16. The zero-order chi connectivity index (χ0) is 13.8.